The predicted octanol–water partition coefficient (Wildman–Crippen LogP) is 4.06. The minimum absolute atomic E-state index is 0.0434. The third kappa shape index (κ3) is 4.27. The standard InChI is InChI=1S/C24H29N3O3/c1-17-6-5-7-19(14-17)26-23(29)27-12-10-24(11-13-27)16-18(15-22(28)25-2)20-8-3-4-9-21(20)30-24/h3-9,14,18H,10-13,15-16H2,1-2H3,(H,25,28)(H,26,29)/t18-/m0/s1. The van der Waals surface area contributed by atoms with Crippen molar-refractivity contribution in [2.24, 2.45) is 0 Å². The first kappa shape index (κ1) is 20.3. The maximum atomic E-state index is 12.7. The molecule has 1 atom stereocenters. The summed E-state index contributed by atoms with van der Waals surface area (Å²) < 4.78 is 6.48. The summed E-state index contributed by atoms with van der Waals surface area (Å²) in [5, 5.41) is 5.74. The van der Waals surface area contributed by atoms with Crippen molar-refractivity contribution in [3.63, 3.8) is 0 Å². The lowest BCUT2D eigenvalue weighted by atomic mass is 9.76. The smallest absolute Gasteiger partial charge is 0.321 e. The van der Waals surface area contributed by atoms with Crippen LogP contribution < -0.4 is 15.4 Å². The van der Waals surface area contributed by atoms with Crippen molar-refractivity contribution >= 4 is 17.6 Å². The second-order valence-corrected chi connectivity index (χ2v) is 8.39. The Hall–Kier alpha value is -3.02. The van der Waals surface area contributed by atoms with Crippen LogP contribution >= 0.6 is 0 Å². The SMILES string of the molecule is CNC(=O)C[C@H]1CC2(CCN(C(=O)Nc3cccc(C)c3)CC2)Oc2ccccc21. The molecule has 6 nitrogen and oxygen atoms in total. The Morgan fingerprint density at radius 1 is 1.13 bits per heavy atom. The number of nitrogens with zero attached hydrogens (tertiary/aromatic N) is 1. The van der Waals surface area contributed by atoms with Crippen molar-refractivity contribution in [3.05, 3.63) is 59.7 Å². The molecule has 3 amide bonds. The number of carbonyl (C=O) groups is 2. The van der Waals surface area contributed by atoms with E-state index in [9.17, 15) is 9.59 Å². The molecule has 2 heterocycles. The number of anilines is 1. The van der Waals surface area contributed by atoms with Gasteiger partial charge in [0.2, 0.25) is 5.91 Å². The zero-order valence-corrected chi connectivity index (χ0v) is 17.6. The van der Waals surface area contributed by atoms with Gasteiger partial charge < -0.3 is 20.3 Å². The molecule has 2 aromatic rings. The van der Waals surface area contributed by atoms with Crippen LogP contribution in [-0.4, -0.2) is 42.6 Å². The van der Waals surface area contributed by atoms with E-state index in [1.807, 2.05) is 54.3 Å². The lowest BCUT2D eigenvalue weighted by Gasteiger charge is -2.46. The first-order valence-electron chi connectivity index (χ1n) is 10.6. The molecule has 4 rings (SSSR count). The molecular weight excluding hydrogens is 378 g/mol. The number of nitrogens with one attached hydrogen (secondary N) is 2. The highest BCUT2D eigenvalue weighted by atomic mass is 16.5. The number of benzene rings is 2. The number of piperidine rings is 1. The fourth-order valence-corrected chi connectivity index (χ4v) is 4.60. The van der Waals surface area contributed by atoms with Crippen LogP contribution in [0.2, 0.25) is 0 Å². The molecule has 6 heteroatoms. The van der Waals surface area contributed by atoms with Crippen LogP contribution in [0.1, 0.15) is 42.7 Å². The third-order valence-electron chi connectivity index (χ3n) is 6.25. The summed E-state index contributed by atoms with van der Waals surface area (Å²) >= 11 is 0. The number of urea groups is 1. The minimum Gasteiger partial charge on any atom is -0.487 e. The normalized spacial score (nSPS) is 19.5. The van der Waals surface area contributed by atoms with E-state index in [0.29, 0.717) is 19.5 Å². The number of likely N-dealkylation sites (tertiary alicyclic amines) is 1. The van der Waals surface area contributed by atoms with Gasteiger partial charge in [-0.3, -0.25) is 4.79 Å². The van der Waals surface area contributed by atoms with Gasteiger partial charge in [-0.1, -0.05) is 30.3 Å². The molecule has 1 saturated heterocycles. The second kappa shape index (κ2) is 8.38. The molecule has 2 aromatic carbocycles. The molecule has 0 aromatic heterocycles. The number of aryl methyl sites for hydroxylation is 1. The molecule has 1 spiro atoms. The van der Waals surface area contributed by atoms with Gasteiger partial charge in [-0.15, -0.1) is 0 Å². The van der Waals surface area contributed by atoms with Crippen molar-refractivity contribution in [1.82, 2.24) is 10.2 Å². The highest BCUT2D eigenvalue weighted by Crippen LogP contribution is 2.46. The average Bonchev–Trinajstić information content (AvgIpc) is 2.74. The predicted molar refractivity (Wildman–Crippen MR) is 117 cm³/mol. The number of hydrogen-bond acceptors (Lipinski definition) is 3. The largest absolute Gasteiger partial charge is 0.487 e. The van der Waals surface area contributed by atoms with E-state index in [4.69, 9.17) is 4.74 Å². The van der Waals surface area contributed by atoms with Crippen LogP contribution in [0.15, 0.2) is 48.5 Å². The third-order valence-corrected chi connectivity index (χ3v) is 6.25. The zero-order valence-electron chi connectivity index (χ0n) is 17.6. The van der Waals surface area contributed by atoms with E-state index in [0.717, 1.165) is 41.8 Å². The Labute approximate surface area is 177 Å². The number of hydrogen-bond donors (Lipinski definition) is 2. The van der Waals surface area contributed by atoms with E-state index in [1.54, 1.807) is 7.05 Å². The van der Waals surface area contributed by atoms with Crippen molar-refractivity contribution in [3.8, 4) is 5.75 Å². The topological polar surface area (TPSA) is 70.7 Å². The number of fused-ring (bicyclic) bond motifs is 1. The molecule has 2 aliphatic rings. The number of amides is 3. The van der Waals surface area contributed by atoms with Crippen molar-refractivity contribution in [2.45, 2.75) is 44.1 Å². The zero-order chi connectivity index (χ0) is 21.1. The van der Waals surface area contributed by atoms with Gasteiger partial charge in [-0.2, -0.15) is 0 Å². The average molecular weight is 408 g/mol. The first-order valence-corrected chi connectivity index (χ1v) is 10.6. The lowest BCUT2D eigenvalue weighted by molar-refractivity contribution is -0.121. The molecule has 0 radical (unpaired) electrons. The lowest BCUT2D eigenvalue weighted by Crippen LogP contribution is -2.52. The van der Waals surface area contributed by atoms with E-state index in [-0.39, 0.29) is 23.5 Å². The quantitative estimate of drug-likeness (QED) is 0.806. The number of para-hydroxylation sites is 1. The summed E-state index contributed by atoms with van der Waals surface area (Å²) in [6, 6.07) is 15.8. The summed E-state index contributed by atoms with van der Waals surface area (Å²) in [5.41, 5.74) is 2.70. The van der Waals surface area contributed by atoms with Gasteiger partial charge in [0.05, 0.1) is 0 Å². The Bertz CT molecular complexity index is 935. The number of rotatable bonds is 3. The van der Waals surface area contributed by atoms with Crippen LogP contribution in [0.4, 0.5) is 10.5 Å². The highest BCUT2D eigenvalue weighted by Gasteiger charge is 2.44. The Kier molecular flexibility index (Phi) is 5.66. The maximum absolute atomic E-state index is 12.7. The Morgan fingerprint density at radius 2 is 1.90 bits per heavy atom. The van der Waals surface area contributed by atoms with Gasteiger partial charge in [-0.25, -0.2) is 4.79 Å². The fourth-order valence-electron chi connectivity index (χ4n) is 4.60. The summed E-state index contributed by atoms with van der Waals surface area (Å²) in [4.78, 5) is 26.7. The summed E-state index contributed by atoms with van der Waals surface area (Å²) in [6.45, 7) is 3.27. The Balaban J connectivity index is 1.44. The molecule has 0 unspecified atom stereocenters. The highest BCUT2D eigenvalue weighted by molar-refractivity contribution is 5.89. The molecule has 1 fully saturated rings. The van der Waals surface area contributed by atoms with Gasteiger partial charge in [0.25, 0.3) is 0 Å². The van der Waals surface area contributed by atoms with Crippen molar-refractivity contribution < 1.29 is 14.3 Å². The fraction of sp³-hybridized carbons (Fsp3) is 0.417. The molecule has 2 aliphatic heterocycles. The first-order chi connectivity index (χ1) is 14.5. The van der Waals surface area contributed by atoms with Gasteiger partial charge >= 0.3 is 6.03 Å². The van der Waals surface area contributed by atoms with E-state index in [2.05, 4.69) is 16.7 Å². The van der Waals surface area contributed by atoms with Gasteiger partial charge in [0.1, 0.15) is 11.4 Å². The summed E-state index contributed by atoms with van der Waals surface area (Å²) in [6.07, 6.45) is 2.76. The van der Waals surface area contributed by atoms with Crippen LogP contribution in [0.3, 0.4) is 0 Å². The minimum atomic E-state index is -0.326. The van der Waals surface area contributed by atoms with Crippen LogP contribution in [0.25, 0.3) is 0 Å². The molecule has 0 bridgehead atoms. The molecule has 2 N–H and O–H groups in total. The van der Waals surface area contributed by atoms with Crippen molar-refractivity contribution in [1.29, 1.82) is 0 Å². The van der Waals surface area contributed by atoms with Gasteiger partial charge in [0.15, 0.2) is 0 Å². The summed E-state index contributed by atoms with van der Waals surface area (Å²) in [7, 11) is 1.68. The molecule has 30 heavy (non-hydrogen) atoms. The monoisotopic (exact) mass is 407 g/mol. The summed E-state index contributed by atoms with van der Waals surface area (Å²) in [5.74, 6) is 1.04. The van der Waals surface area contributed by atoms with E-state index < -0.39 is 0 Å². The molecular formula is C24H29N3O3. The van der Waals surface area contributed by atoms with E-state index >= 15 is 0 Å². The number of carbonyl (C=O) groups excluding carboxylic acids is 2. The molecule has 0 aliphatic carbocycles. The Morgan fingerprint density at radius 3 is 2.63 bits per heavy atom. The van der Waals surface area contributed by atoms with Crippen LogP contribution in [0, 0.1) is 6.92 Å². The van der Waals surface area contributed by atoms with Crippen LogP contribution in [-0.2, 0) is 4.79 Å². The van der Waals surface area contributed by atoms with Gasteiger partial charge in [0, 0.05) is 51.0 Å². The number of ether oxygens (including phenoxy) is 1. The molecule has 0 saturated carbocycles. The van der Waals surface area contributed by atoms with E-state index in [1.165, 1.54) is 0 Å². The van der Waals surface area contributed by atoms with Gasteiger partial charge in [-0.05, 0) is 42.7 Å². The maximum Gasteiger partial charge on any atom is 0.321 e. The second-order valence-electron chi connectivity index (χ2n) is 8.39. The van der Waals surface area contributed by atoms with Crippen molar-refractivity contribution in [2.75, 3.05) is 25.5 Å². The van der Waals surface area contributed by atoms with Crippen LogP contribution in [0.5, 0.6) is 5.75 Å². The molecule has 158 valence electrons.